The monoisotopic (exact) mass is 225 g/mol. The lowest BCUT2D eigenvalue weighted by molar-refractivity contribution is 0.636. The van der Waals surface area contributed by atoms with Crippen molar-refractivity contribution in [1.29, 1.82) is 0 Å². The second-order valence-corrected chi connectivity index (χ2v) is 4.30. The predicted molar refractivity (Wildman–Crippen MR) is 63.4 cm³/mol. The van der Waals surface area contributed by atoms with Crippen molar-refractivity contribution in [2.24, 2.45) is 0 Å². The van der Waals surface area contributed by atoms with Crippen LogP contribution in [0.15, 0.2) is 18.5 Å². The summed E-state index contributed by atoms with van der Waals surface area (Å²) >= 11 is 6.04. The van der Waals surface area contributed by atoms with E-state index in [-0.39, 0.29) is 0 Å². The van der Waals surface area contributed by atoms with Gasteiger partial charge in [0.1, 0.15) is 0 Å². The van der Waals surface area contributed by atoms with Gasteiger partial charge in [-0.15, -0.1) is 0 Å². The van der Waals surface area contributed by atoms with E-state index in [0.717, 1.165) is 18.8 Å². The maximum atomic E-state index is 6.04. The number of aromatic nitrogens is 1. The molecular weight excluding hydrogens is 210 g/mol. The third-order valence-corrected chi connectivity index (χ3v) is 2.98. The van der Waals surface area contributed by atoms with E-state index in [1.807, 2.05) is 6.07 Å². The second-order valence-electron chi connectivity index (χ2n) is 3.90. The van der Waals surface area contributed by atoms with Crippen LogP contribution in [-0.4, -0.2) is 24.1 Å². The molecule has 1 aromatic rings. The van der Waals surface area contributed by atoms with Crippen molar-refractivity contribution in [2.75, 3.05) is 18.4 Å². The first-order valence-corrected chi connectivity index (χ1v) is 5.81. The van der Waals surface area contributed by atoms with Crippen molar-refractivity contribution in [1.82, 2.24) is 10.3 Å². The number of nitrogens with one attached hydrogen (secondary N) is 2. The fourth-order valence-corrected chi connectivity index (χ4v) is 2.03. The summed E-state index contributed by atoms with van der Waals surface area (Å²) in [5.41, 5.74) is 0.986. The van der Waals surface area contributed by atoms with Gasteiger partial charge in [0, 0.05) is 25.0 Å². The molecule has 0 saturated carbocycles. The fourth-order valence-electron chi connectivity index (χ4n) is 1.85. The molecule has 1 unspecified atom stereocenters. The molecular formula is C11H16ClN3. The van der Waals surface area contributed by atoms with Crippen LogP contribution in [0.1, 0.15) is 19.3 Å². The first-order chi connectivity index (χ1) is 7.36. The third kappa shape index (κ3) is 3.08. The summed E-state index contributed by atoms with van der Waals surface area (Å²) in [4.78, 5) is 3.97. The molecule has 2 N–H and O–H groups in total. The molecule has 0 spiro atoms. The average Bonchev–Trinajstić information content (AvgIpc) is 2.50. The Labute approximate surface area is 95.2 Å². The summed E-state index contributed by atoms with van der Waals surface area (Å²) in [7, 11) is 0. The van der Waals surface area contributed by atoms with E-state index in [2.05, 4.69) is 15.6 Å². The number of nitrogens with zero attached hydrogens (tertiary/aromatic N) is 1. The number of hydrogen-bond acceptors (Lipinski definition) is 3. The van der Waals surface area contributed by atoms with Crippen LogP contribution in [0.25, 0.3) is 0 Å². The zero-order chi connectivity index (χ0) is 10.5. The summed E-state index contributed by atoms with van der Waals surface area (Å²) in [5.74, 6) is 0. The normalized spacial score (nSPS) is 22.1. The molecule has 3 nitrogen and oxygen atoms in total. The molecule has 1 aliphatic heterocycles. The molecule has 1 atom stereocenters. The van der Waals surface area contributed by atoms with Crippen LogP contribution in [0, 0.1) is 0 Å². The van der Waals surface area contributed by atoms with Crippen LogP contribution in [0.3, 0.4) is 0 Å². The highest BCUT2D eigenvalue weighted by Crippen LogP contribution is 2.21. The first kappa shape index (κ1) is 10.7. The van der Waals surface area contributed by atoms with Crippen LogP contribution >= 0.6 is 11.6 Å². The lowest BCUT2D eigenvalue weighted by atomic mass is 10.1. The zero-order valence-corrected chi connectivity index (χ0v) is 9.43. The molecule has 0 aromatic carbocycles. The minimum absolute atomic E-state index is 0.479. The highest BCUT2D eigenvalue weighted by atomic mass is 35.5. The SMILES string of the molecule is Clc1cnccc1NC1CCCCNC1. The smallest absolute Gasteiger partial charge is 0.0820 e. The highest BCUT2D eigenvalue weighted by molar-refractivity contribution is 6.33. The molecule has 1 fully saturated rings. The number of hydrogen-bond donors (Lipinski definition) is 2. The molecule has 0 radical (unpaired) electrons. The fraction of sp³-hybridized carbons (Fsp3) is 0.545. The first-order valence-electron chi connectivity index (χ1n) is 5.43. The van der Waals surface area contributed by atoms with Gasteiger partial charge in [0.25, 0.3) is 0 Å². The maximum absolute atomic E-state index is 6.04. The minimum Gasteiger partial charge on any atom is -0.380 e. The lowest BCUT2D eigenvalue weighted by Gasteiger charge is -2.18. The lowest BCUT2D eigenvalue weighted by Crippen LogP contribution is -2.30. The predicted octanol–water partition coefficient (Wildman–Crippen LogP) is 2.29. The van der Waals surface area contributed by atoms with E-state index in [1.165, 1.54) is 19.3 Å². The number of pyridine rings is 1. The van der Waals surface area contributed by atoms with Crippen molar-refractivity contribution in [2.45, 2.75) is 25.3 Å². The minimum atomic E-state index is 0.479. The van der Waals surface area contributed by atoms with Gasteiger partial charge >= 0.3 is 0 Å². The van der Waals surface area contributed by atoms with Gasteiger partial charge in [0.2, 0.25) is 0 Å². The van der Waals surface area contributed by atoms with Gasteiger partial charge in [-0.05, 0) is 25.5 Å². The third-order valence-electron chi connectivity index (χ3n) is 2.68. The Morgan fingerprint density at radius 3 is 3.27 bits per heavy atom. The van der Waals surface area contributed by atoms with E-state index in [4.69, 9.17) is 11.6 Å². The number of rotatable bonds is 2. The Morgan fingerprint density at radius 1 is 1.47 bits per heavy atom. The Balaban J connectivity index is 1.98. The Bertz CT molecular complexity index is 308. The Morgan fingerprint density at radius 2 is 2.40 bits per heavy atom. The number of halogens is 1. The summed E-state index contributed by atoms with van der Waals surface area (Å²) < 4.78 is 0. The van der Waals surface area contributed by atoms with E-state index in [9.17, 15) is 0 Å². The quantitative estimate of drug-likeness (QED) is 0.811. The van der Waals surface area contributed by atoms with E-state index in [0.29, 0.717) is 11.1 Å². The molecule has 1 aliphatic rings. The molecule has 82 valence electrons. The molecule has 1 aromatic heterocycles. The number of anilines is 1. The summed E-state index contributed by atoms with van der Waals surface area (Å²) in [6.07, 6.45) is 7.17. The van der Waals surface area contributed by atoms with Crippen molar-refractivity contribution in [3.8, 4) is 0 Å². The summed E-state index contributed by atoms with van der Waals surface area (Å²) in [6, 6.07) is 2.40. The molecule has 0 amide bonds. The van der Waals surface area contributed by atoms with Gasteiger partial charge in [0.05, 0.1) is 10.7 Å². The average molecular weight is 226 g/mol. The van der Waals surface area contributed by atoms with Crippen LogP contribution in [0.4, 0.5) is 5.69 Å². The van der Waals surface area contributed by atoms with Gasteiger partial charge in [-0.25, -0.2) is 0 Å². The Kier molecular flexibility index (Phi) is 3.80. The van der Waals surface area contributed by atoms with Gasteiger partial charge in [-0.1, -0.05) is 18.0 Å². The molecule has 2 rings (SSSR count). The van der Waals surface area contributed by atoms with E-state index >= 15 is 0 Å². The van der Waals surface area contributed by atoms with Crippen LogP contribution in [-0.2, 0) is 0 Å². The van der Waals surface area contributed by atoms with Crippen molar-refractivity contribution in [3.05, 3.63) is 23.5 Å². The standard InChI is InChI=1S/C11H16ClN3/c12-10-8-14-6-4-11(10)15-9-3-1-2-5-13-7-9/h4,6,8-9,13H,1-3,5,7H2,(H,14,15). The van der Waals surface area contributed by atoms with Gasteiger partial charge in [0.15, 0.2) is 0 Å². The highest BCUT2D eigenvalue weighted by Gasteiger charge is 2.12. The molecule has 0 aliphatic carbocycles. The van der Waals surface area contributed by atoms with Crippen molar-refractivity contribution in [3.63, 3.8) is 0 Å². The van der Waals surface area contributed by atoms with E-state index < -0.39 is 0 Å². The van der Waals surface area contributed by atoms with Crippen LogP contribution in [0.5, 0.6) is 0 Å². The van der Waals surface area contributed by atoms with Gasteiger partial charge in [-0.3, -0.25) is 4.98 Å². The van der Waals surface area contributed by atoms with Crippen LogP contribution < -0.4 is 10.6 Å². The van der Waals surface area contributed by atoms with E-state index in [1.54, 1.807) is 12.4 Å². The molecule has 0 bridgehead atoms. The molecule has 4 heteroatoms. The molecule has 1 saturated heterocycles. The van der Waals surface area contributed by atoms with Crippen molar-refractivity contribution < 1.29 is 0 Å². The summed E-state index contributed by atoms with van der Waals surface area (Å²) in [6.45, 7) is 2.14. The van der Waals surface area contributed by atoms with Crippen molar-refractivity contribution >= 4 is 17.3 Å². The topological polar surface area (TPSA) is 37.0 Å². The van der Waals surface area contributed by atoms with Crippen LogP contribution in [0.2, 0.25) is 5.02 Å². The Hall–Kier alpha value is -0.800. The van der Waals surface area contributed by atoms with Gasteiger partial charge in [-0.2, -0.15) is 0 Å². The second kappa shape index (κ2) is 5.33. The largest absolute Gasteiger partial charge is 0.380 e. The maximum Gasteiger partial charge on any atom is 0.0820 e. The molecule has 2 heterocycles. The summed E-state index contributed by atoms with van der Waals surface area (Å²) in [5, 5.41) is 7.57. The zero-order valence-electron chi connectivity index (χ0n) is 8.67. The molecule has 15 heavy (non-hydrogen) atoms. The van der Waals surface area contributed by atoms with Gasteiger partial charge < -0.3 is 10.6 Å².